The summed E-state index contributed by atoms with van der Waals surface area (Å²) in [6, 6.07) is 9.43. The van der Waals surface area contributed by atoms with Crippen molar-refractivity contribution in [3.8, 4) is 0 Å². The highest BCUT2D eigenvalue weighted by Crippen LogP contribution is 2.32. The summed E-state index contributed by atoms with van der Waals surface area (Å²) in [5.41, 5.74) is 7.98. The van der Waals surface area contributed by atoms with Gasteiger partial charge < -0.3 is 4.57 Å². The minimum atomic E-state index is -0.587. The van der Waals surface area contributed by atoms with Crippen molar-refractivity contribution in [2.75, 3.05) is 0 Å². The molecule has 34 heavy (non-hydrogen) atoms. The largest absolute Gasteiger partial charge is 0.346 e. The highest BCUT2D eigenvalue weighted by Gasteiger charge is 2.20. The van der Waals surface area contributed by atoms with E-state index in [0.29, 0.717) is 23.4 Å². The van der Waals surface area contributed by atoms with E-state index in [4.69, 9.17) is 0 Å². The second kappa shape index (κ2) is 10.1. The van der Waals surface area contributed by atoms with Crippen LogP contribution in [0.3, 0.4) is 0 Å². The first-order valence-corrected chi connectivity index (χ1v) is 11.9. The van der Waals surface area contributed by atoms with Gasteiger partial charge in [-0.3, -0.25) is 25.2 Å². The molecule has 1 fully saturated rings. The van der Waals surface area contributed by atoms with Crippen LogP contribution in [0.15, 0.2) is 41.2 Å². The molecule has 0 spiro atoms. The number of hydrazine groups is 1. The first-order chi connectivity index (χ1) is 16.4. The summed E-state index contributed by atoms with van der Waals surface area (Å²) in [5, 5.41) is 5.02. The highest BCUT2D eigenvalue weighted by atomic mass is 16.2. The van der Waals surface area contributed by atoms with Crippen LogP contribution in [-0.2, 0) is 11.3 Å². The first kappa shape index (κ1) is 23.5. The molecule has 2 aromatic heterocycles. The molecule has 0 unspecified atom stereocenters. The van der Waals surface area contributed by atoms with Gasteiger partial charge in [0.25, 0.3) is 17.4 Å². The number of carbonyl (C=O) groups excluding carboxylic acids is 2. The molecule has 2 heterocycles. The lowest BCUT2D eigenvalue weighted by molar-refractivity contribution is -0.117. The summed E-state index contributed by atoms with van der Waals surface area (Å²) in [7, 11) is 0. The third-order valence-electron chi connectivity index (χ3n) is 6.56. The van der Waals surface area contributed by atoms with Crippen molar-refractivity contribution >= 4 is 28.7 Å². The number of nitrogens with one attached hydrogen (secondary N) is 2. The molecule has 0 radical (unpaired) electrons. The monoisotopic (exact) mass is 461 g/mol. The SMILES string of the molecule is CCn1nc(C(=O)NNC(=O)/C=C/c2cc(C)n(C3CCCCC3)c2C)c2ccccc2c1=O. The Kier molecular flexibility index (Phi) is 6.95. The van der Waals surface area contributed by atoms with Crippen LogP contribution in [-0.4, -0.2) is 26.2 Å². The lowest BCUT2D eigenvalue weighted by Gasteiger charge is -2.26. The van der Waals surface area contributed by atoms with Crippen molar-refractivity contribution < 1.29 is 9.59 Å². The number of hydrogen-bond donors (Lipinski definition) is 2. The number of aromatic nitrogens is 3. The van der Waals surface area contributed by atoms with Crippen molar-refractivity contribution in [2.45, 2.75) is 65.5 Å². The number of hydrogen-bond acceptors (Lipinski definition) is 4. The number of rotatable bonds is 5. The zero-order chi connectivity index (χ0) is 24.2. The number of carbonyl (C=O) groups is 2. The standard InChI is InChI=1S/C26H31N5O3/c1-4-30-26(34)22-13-9-8-12-21(22)24(29-30)25(33)28-27-23(32)15-14-19-16-17(2)31(18(19)3)20-10-6-5-7-11-20/h8-9,12-16,20H,4-7,10-11H2,1-3H3,(H,27,32)(H,28,33)/b15-14+. The maximum Gasteiger partial charge on any atom is 0.290 e. The second-order valence-electron chi connectivity index (χ2n) is 8.78. The summed E-state index contributed by atoms with van der Waals surface area (Å²) in [6.07, 6.45) is 9.39. The fraction of sp³-hybridized carbons (Fsp3) is 0.385. The summed E-state index contributed by atoms with van der Waals surface area (Å²) in [6.45, 7) is 6.30. The van der Waals surface area contributed by atoms with Gasteiger partial charge in [-0.05, 0) is 57.4 Å². The number of amides is 2. The third kappa shape index (κ3) is 4.66. The lowest BCUT2D eigenvalue weighted by Crippen LogP contribution is -2.42. The molecular formula is C26H31N5O3. The first-order valence-electron chi connectivity index (χ1n) is 11.9. The maximum absolute atomic E-state index is 12.8. The van der Waals surface area contributed by atoms with E-state index in [-0.39, 0.29) is 11.3 Å². The molecule has 8 heteroatoms. The van der Waals surface area contributed by atoms with Crippen molar-refractivity contribution in [3.63, 3.8) is 0 Å². The van der Waals surface area contributed by atoms with E-state index in [1.165, 1.54) is 48.6 Å². The van der Waals surface area contributed by atoms with E-state index in [1.807, 2.05) is 0 Å². The molecule has 0 atom stereocenters. The van der Waals surface area contributed by atoms with Gasteiger partial charge in [-0.1, -0.05) is 37.5 Å². The van der Waals surface area contributed by atoms with Gasteiger partial charge in [-0.2, -0.15) is 5.10 Å². The smallest absolute Gasteiger partial charge is 0.290 e. The Morgan fingerprint density at radius 3 is 2.50 bits per heavy atom. The van der Waals surface area contributed by atoms with E-state index < -0.39 is 11.8 Å². The Hall–Kier alpha value is -3.68. The second-order valence-corrected chi connectivity index (χ2v) is 8.78. The maximum atomic E-state index is 12.8. The van der Waals surface area contributed by atoms with Gasteiger partial charge in [0.05, 0.1) is 5.39 Å². The molecule has 3 aromatic rings. The summed E-state index contributed by atoms with van der Waals surface area (Å²) in [4.78, 5) is 37.6. The van der Waals surface area contributed by atoms with Crippen molar-refractivity contribution in [2.24, 2.45) is 0 Å². The average Bonchev–Trinajstić information content (AvgIpc) is 3.14. The van der Waals surface area contributed by atoms with Gasteiger partial charge in [0, 0.05) is 35.4 Å². The fourth-order valence-corrected chi connectivity index (χ4v) is 4.87. The highest BCUT2D eigenvalue weighted by molar-refractivity contribution is 6.05. The van der Waals surface area contributed by atoms with Crippen LogP contribution in [0.4, 0.5) is 0 Å². The Morgan fingerprint density at radius 2 is 1.79 bits per heavy atom. The minimum Gasteiger partial charge on any atom is -0.346 e. The summed E-state index contributed by atoms with van der Waals surface area (Å²) >= 11 is 0. The molecule has 0 bridgehead atoms. The number of aryl methyl sites for hydroxylation is 2. The van der Waals surface area contributed by atoms with Crippen LogP contribution in [0, 0.1) is 13.8 Å². The summed E-state index contributed by atoms with van der Waals surface area (Å²) < 4.78 is 3.62. The van der Waals surface area contributed by atoms with E-state index in [9.17, 15) is 14.4 Å². The molecule has 1 saturated carbocycles. The van der Waals surface area contributed by atoms with Crippen LogP contribution < -0.4 is 16.4 Å². The molecular weight excluding hydrogens is 430 g/mol. The molecule has 178 valence electrons. The van der Waals surface area contributed by atoms with Crippen LogP contribution in [0.2, 0.25) is 0 Å². The fourth-order valence-electron chi connectivity index (χ4n) is 4.87. The van der Waals surface area contributed by atoms with Gasteiger partial charge in [0.15, 0.2) is 5.69 Å². The molecule has 2 N–H and O–H groups in total. The summed E-state index contributed by atoms with van der Waals surface area (Å²) in [5.74, 6) is -1.04. The van der Waals surface area contributed by atoms with Gasteiger partial charge in [-0.15, -0.1) is 0 Å². The average molecular weight is 462 g/mol. The predicted molar refractivity (Wildman–Crippen MR) is 132 cm³/mol. The molecule has 1 aliphatic carbocycles. The molecule has 1 aromatic carbocycles. The molecule has 4 rings (SSSR count). The molecule has 0 aliphatic heterocycles. The predicted octanol–water partition coefficient (Wildman–Crippen LogP) is 3.81. The Morgan fingerprint density at radius 1 is 1.09 bits per heavy atom. The van der Waals surface area contributed by atoms with E-state index in [1.54, 1.807) is 37.3 Å². The number of benzene rings is 1. The van der Waals surface area contributed by atoms with Crippen LogP contribution in [0.5, 0.6) is 0 Å². The Labute approximate surface area is 198 Å². The van der Waals surface area contributed by atoms with Gasteiger partial charge >= 0.3 is 0 Å². The lowest BCUT2D eigenvalue weighted by atomic mass is 9.95. The molecule has 0 saturated heterocycles. The van der Waals surface area contributed by atoms with Gasteiger partial charge in [-0.25, -0.2) is 4.68 Å². The quantitative estimate of drug-likeness (QED) is 0.446. The normalized spacial score (nSPS) is 14.6. The number of nitrogens with zero attached hydrogens (tertiary/aromatic N) is 3. The Balaban J connectivity index is 1.46. The topological polar surface area (TPSA) is 98.0 Å². The molecule has 8 nitrogen and oxygen atoms in total. The Bertz CT molecular complexity index is 1310. The zero-order valence-corrected chi connectivity index (χ0v) is 19.9. The van der Waals surface area contributed by atoms with Crippen LogP contribution >= 0.6 is 0 Å². The molecule has 2 amide bonds. The van der Waals surface area contributed by atoms with Crippen molar-refractivity contribution in [1.82, 2.24) is 25.2 Å². The zero-order valence-electron chi connectivity index (χ0n) is 19.9. The minimum absolute atomic E-state index is 0.0809. The van der Waals surface area contributed by atoms with Crippen LogP contribution in [0.1, 0.15) is 72.5 Å². The van der Waals surface area contributed by atoms with E-state index in [2.05, 4.69) is 40.4 Å². The van der Waals surface area contributed by atoms with Crippen molar-refractivity contribution in [3.05, 3.63) is 69.4 Å². The molecule has 1 aliphatic rings. The van der Waals surface area contributed by atoms with Crippen molar-refractivity contribution in [1.29, 1.82) is 0 Å². The third-order valence-corrected chi connectivity index (χ3v) is 6.56. The van der Waals surface area contributed by atoms with Gasteiger partial charge in [0.2, 0.25) is 0 Å². The van der Waals surface area contributed by atoms with Crippen LogP contribution in [0.25, 0.3) is 16.8 Å². The van der Waals surface area contributed by atoms with Gasteiger partial charge in [0.1, 0.15) is 0 Å². The van der Waals surface area contributed by atoms with E-state index in [0.717, 1.165) is 11.3 Å². The van der Waals surface area contributed by atoms with E-state index >= 15 is 0 Å². The number of fused-ring (bicyclic) bond motifs is 1.